The first kappa shape index (κ1) is 23.4. The normalized spacial score (nSPS) is 22.5. The molecule has 184 valence electrons. The fourth-order valence-electron chi connectivity index (χ4n) is 5.41. The van der Waals surface area contributed by atoms with Gasteiger partial charge in [0.2, 0.25) is 5.91 Å². The molecule has 0 bridgehead atoms. The number of alkyl carbamates (subject to hydrolysis) is 1. The number of nitrogens with zero attached hydrogens (tertiary/aromatic N) is 1. The summed E-state index contributed by atoms with van der Waals surface area (Å²) in [6.07, 6.45) is 1.86. The molecule has 1 aliphatic heterocycles. The first-order chi connectivity index (χ1) is 16.8. The van der Waals surface area contributed by atoms with E-state index in [1.54, 1.807) is 0 Å². The van der Waals surface area contributed by atoms with E-state index in [1.807, 2.05) is 24.3 Å². The van der Waals surface area contributed by atoms with Crippen LogP contribution in [0.4, 0.5) is 4.79 Å². The molecule has 1 unspecified atom stereocenters. The lowest BCUT2D eigenvalue weighted by molar-refractivity contribution is -0.177. The molecule has 2 aromatic rings. The molecule has 2 N–H and O–H groups in total. The maximum atomic E-state index is 13.0. The molecule has 0 spiro atoms. The van der Waals surface area contributed by atoms with Crippen LogP contribution in [-0.4, -0.2) is 65.4 Å². The summed E-state index contributed by atoms with van der Waals surface area (Å²) >= 11 is 0. The van der Waals surface area contributed by atoms with Gasteiger partial charge >= 0.3 is 12.1 Å². The van der Waals surface area contributed by atoms with E-state index in [4.69, 9.17) is 9.47 Å². The van der Waals surface area contributed by atoms with Crippen molar-refractivity contribution in [1.29, 1.82) is 0 Å². The van der Waals surface area contributed by atoms with Crippen LogP contribution in [0.2, 0.25) is 0 Å². The molecule has 1 saturated carbocycles. The minimum atomic E-state index is -1.42. The number of carboxylic acid groups (broad SMARTS) is 1. The van der Waals surface area contributed by atoms with Crippen molar-refractivity contribution in [2.75, 3.05) is 26.3 Å². The van der Waals surface area contributed by atoms with Crippen LogP contribution in [0.25, 0.3) is 11.1 Å². The molecule has 1 heterocycles. The van der Waals surface area contributed by atoms with Crippen molar-refractivity contribution >= 4 is 18.0 Å². The average Bonchev–Trinajstić information content (AvgIpc) is 3.15. The molecule has 0 aromatic heterocycles. The Hall–Kier alpha value is -3.39. The summed E-state index contributed by atoms with van der Waals surface area (Å²) in [5.41, 5.74) is 2.54. The van der Waals surface area contributed by atoms with Crippen LogP contribution in [0.15, 0.2) is 48.5 Å². The topological polar surface area (TPSA) is 105 Å². The number of benzene rings is 2. The number of hydrogen-bond acceptors (Lipinski definition) is 5. The summed E-state index contributed by atoms with van der Waals surface area (Å²) < 4.78 is 11.1. The van der Waals surface area contributed by atoms with E-state index in [0.29, 0.717) is 19.4 Å². The second-order valence-corrected chi connectivity index (χ2v) is 9.96. The van der Waals surface area contributed by atoms with Crippen molar-refractivity contribution in [1.82, 2.24) is 10.2 Å². The van der Waals surface area contributed by atoms with Gasteiger partial charge in [-0.2, -0.15) is 0 Å². The molecule has 2 aromatic carbocycles. The third-order valence-electron chi connectivity index (χ3n) is 7.59. The molecule has 2 aliphatic carbocycles. The third kappa shape index (κ3) is 4.38. The van der Waals surface area contributed by atoms with Gasteiger partial charge in [-0.3, -0.25) is 4.79 Å². The van der Waals surface area contributed by atoms with Gasteiger partial charge in [-0.05, 0) is 48.4 Å². The molecule has 8 heteroatoms. The first-order valence-corrected chi connectivity index (χ1v) is 12.1. The number of hydrogen-bond donors (Lipinski definition) is 2. The van der Waals surface area contributed by atoms with E-state index in [9.17, 15) is 19.5 Å². The van der Waals surface area contributed by atoms with E-state index in [2.05, 4.69) is 29.6 Å². The number of amides is 2. The van der Waals surface area contributed by atoms with Crippen molar-refractivity contribution in [3.8, 4) is 11.1 Å². The SMILES string of the molecule is CC1(C(=O)O)CN(C(=O)CC2(NC(=O)OCC3c4ccccc4-c4ccccc43)CCC2)CCO1. The Morgan fingerprint density at radius 2 is 1.71 bits per heavy atom. The fourth-order valence-corrected chi connectivity index (χ4v) is 5.41. The minimum absolute atomic E-state index is 0.0117. The molecular formula is C27H30N2O6. The number of carboxylic acids is 1. The summed E-state index contributed by atoms with van der Waals surface area (Å²) in [4.78, 5) is 38.9. The van der Waals surface area contributed by atoms with Gasteiger partial charge in [0.05, 0.1) is 25.1 Å². The van der Waals surface area contributed by atoms with Crippen LogP contribution in [-0.2, 0) is 19.1 Å². The van der Waals surface area contributed by atoms with Gasteiger partial charge in [-0.1, -0.05) is 48.5 Å². The van der Waals surface area contributed by atoms with Crippen LogP contribution in [0.5, 0.6) is 0 Å². The Kier molecular flexibility index (Phi) is 6.01. The van der Waals surface area contributed by atoms with Gasteiger partial charge in [-0.25, -0.2) is 9.59 Å². The van der Waals surface area contributed by atoms with Gasteiger partial charge in [0.15, 0.2) is 5.60 Å². The molecule has 8 nitrogen and oxygen atoms in total. The lowest BCUT2D eigenvalue weighted by Crippen LogP contribution is -2.60. The Labute approximate surface area is 204 Å². The molecule has 2 amide bonds. The Balaban J connectivity index is 1.21. The number of rotatable bonds is 6. The molecule has 5 rings (SSSR count). The zero-order chi connectivity index (χ0) is 24.6. The largest absolute Gasteiger partial charge is 0.479 e. The lowest BCUT2D eigenvalue weighted by atomic mass is 9.74. The van der Waals surface area contributed by atoms with Gasteiger partial charge in [0.1, 0.15) is 6.61 Å². The van der Waals surface area contributed by atoms with Crippen molar-refractivity contribution in [3.63, 3.8) is 0 Å². The Bertz CT molecular complexity index is 1110. The highest BCUT2D eigenvalue weighted by Crippen LogP contribution is 2.44. The summed E-state index contributed by atoms with van der Waals surface area (Å²) in [6, 6.07) is 16.3. The second kappa shape index (κ2) is 9.00. The van der Waals surface area contributed by atoms with E-state index >= 15 is 0 Å². The maximum absolute atomic E-state index is 13.0. The second-order valence-electron chi connectivity index (χ2n) is 9.96. The van der Waals surface area contributed by atoms with E-state index in [1.165, 1.54) is 11.8 Å². The standard InChI is InChI=1S/C27H30N2O6/c1-26(24(31)32)17-29(13-14-35-26)23(30)15-27(11-6-12-27)28-25(33)34-16-22-20-9-4-2-7-18(20)19-8-3-5-10-21(19)22/h2-5,7-10,22H,6,11-17H2,1H3,(H,28,33)(H,31,32). The quantitative estimate of drug-likeness (QED) is 0.658. The summed E-state index contributed by atoms with van der Waals surface area (Å²) in [5, 5.41) is 12.4. The molecule has 1 atom stereocenters. The number of nitrogens with one attached hydrogen (secondary N) is 1. The highest BCUT2D eigenvalue weighted by Gasteiger charge is 2.45. The van der Waals surface area contributed by atoms with Gasteiger partial charge in [0.25, 0.3) is 0 Å². The predicted molar refractivity (Wildman–Crippen MR) is 128 cm³/mol. The van der Waals surface area contributed by atoms with Crippen molar-refractivity contribution in [3.05, 3.63) is 59.7 Å². The number of ether oxygens (including phenoxy) is 2. The van der Waals surface area contributed by atoms with Crippen molar-refractivity contribution < 1.29 is 29.0 Å². The molecular weight excluding hydrogens is 448 g/mol. The molecule has 0 radical (unpaired) electrons. The van der Waals surface area contributed by atoms with Crippen molar-refractivity contribution in [2.45, 2.75) is 49.7 Å². The zero-order valence-corrected chi connectivity index (χ0v) is 19.8. The fraction of sp³-hybridized carbons (Fsp3) is 0.444. The summed E-state index contributed by atoms with van der Waals surface area (Å²) in [6.45, 7) is 2.18. The van der Waals surface area contributed by atoms with Crippen LogP contribution < -0.4 is 5.32 Å². The van der Waals surface area contributed by atoms with E-state index in [-0.39, 0.29) is 38.0 Å². The molecule has 3 aliphatic rings. The smallest absolute Gasteiger partial charge is 0.407 e. The highest BCUT2D eigenvalue weighted by atomic mass is 16.5. The van der Waals surface area contributed by atoms with Gasteiger partial charge in [-0.15, -0.1) is 0 Å². The minimum Gasteiger partial charge on any atom is -0.479 e. The molecule has 1 saturated heterocycles. The van der Waals surface area contributed by atoms with Crippen LogP contribution in [0, 0.1) is 0 Å². The Morgan fingerprint density at radius 3 is 2.29 bits per heavy atom. The van der Waals surface area contributed by atoms with Gasteiger partial charge in [0, 0.05) is 12.5 Å². The zero-order valence-electron chi connectivity index (χ0n) is 19.8. The van der Waals surface area contributed by atoms with Crippen LogP contribution >= 0.6 is 0 Å². The van der Waals surface area contributed by atoms with Crippen LogP contribution in [0.1, 0.15) is 49.7 Å². The summed E-state index contributed by atoms with van der Waals surface area (Å²) in [7, 11) is 0. The van der Waals surface area contributed by atoms with Crippen molar-refractivity contribution in [2.24, 2.45) is 0 Å². The summed E-state index contributed by atoms with van der Waals surface area (Å²) in [5.74, 6) is -1.31. The Morgan fingerprint density at radius 1 is 1.09 bits per heavy atom. The highest BCUT2D eigenvalue weighted by molar-refractivity contribution is 5.82. The first-order valence-electron chi connectivity index (χ1n) is 12.1. The number of carbonyl (C=O) groups excluding carboxylic acids is 2. The lowest BCUT2D eigenvalue weighted by Gasteiger charge is -2.44. The van der Waals surface area contributed by atoms with Gasteiger partial charge < -0.3 is 24.8 Å². The number of morpholine rings is 1. The number of fused-ring (bicyclic) bond motifs is 3. The average molecular weight is 479 g/mol. The molecule has 2 fully saturated rings. The van der Waals surface area contributed by atoms with E-state index in [0.717, 1.165) is 28.7 Å². The molecule has 35 heavy (non-hydrogen) atoms. The van der Waals surface area contributed by atoms with E-state index < -0.39 is 23.2 Å². The maximum Gasteiger partial charge on any atom is 0.407 e. The number of carbonyl (C=O) groups is 3. The number of aliphatic carboxylic acids is 1. The predicted octanol–water partition coefficient (Wildman–Crippen LogP) is 3.54. The monoisotopic (exact) mass is 478 g/mol. The third-order valence-corrected chi connectivity index (χ3v) is 7.59. The van der Waals surface area contributed by atoms with Crippen LogP contribution in [0.3, 0.4) is 0 Å².